The standard InChI is InChI=1S/C16H18N4O/c1-12-4-6-13(7-5-12)15(21)19-14-10-17-16(18-11-14)20-8-2-3-9-20/h4-7,10-11H,2-3,8-9H2,1H3,(H,19,21). The van der Waals surface area contributed by atoms with Gasteiger partial charge >= 0.3 is 0 Å². The van der Waals surface area contributed by atoms with Crippen LogP contribution in [0.2, 0.25) is 0 Å². The highest BCUT2D eigenvalue weighted by atomic mass is 16.1. The molecule has 2 heterocycles. The zero-order valence-electron chi connectivity index (χ0n) is 12.0. The van der Waals surface area contributed by atoms with E-state index in [1.54, 1.807) is 12.4 Å². The molecule has 0 atom stereocenters. The lowest BCUT2D eigenvalue weighted by Crippen LogP contribution is -2.20. The fourth-order valence-corrected chi connectivity index (χ4v) is 2.37. The first-order chi connectivity index (χ1) is 10.2. The van der Waals surface area contributed by atoms with Gasteiger partial charge in [-0.25, -0.2) is 9.97 Å². The molecule has 1 saturated heterocycles. The molecule has 0 saturated carbocycles. The first kappa shape index (κ1) is 13.5. The smallest absolute Gasteiger partial charge is 0.255 e. The van der Waals surface area contributed by atoms with E-state index in [0.717, 1.165) is 24.6 Å². The van der Waals surface area contributed by atoms with Crippen LogP contribution in [0.4, 0.5) is 11.6 Å². The molecule has 1 aromatic heterocycles. The Bertz CT molecular complexity index is 616. The van der Waals surface area contributed by atoms with Crippen LogP contribution in [0.15, 0.2) is 36.7 Å². The minimum atomic E-state index is -0.146. The fraction of sp³-hybridized carbons (Fsp3) is 0.312. The molecule has 1 aromatic carbocycles. The van der Waals surface area contributed by atoms with Crippen LogP contribution in [0.5, 0.6) is 0 Å². The lowest BCUT2D eigenvalue weighted by atomic mass is 10.1. The monoisotopic (exact) mass is 282 g/mol. The van der Waals surface area contributed by atoms with Gasteiger partial charge in [-0.3, -0.25) is 4.79 Å². The third-order valence-electron chi connectivity index (χ3n) is 3.60. The number of amides is 1. The van der Waals surface area contributed by atoms with Crippen molar-refractivity contribution in [3.63, 3.8) is 0 Å². The molecular formula is C16H18N4O. The molecule has 0 spiro atoms. The van der Waals surface area contributed by atoms with Gasteiger partial charge in [-0.1, -0.05) is 17.7 Å². The summed E-state index contributed by atoms with van der Waals surface area (Å²) in [6.45, 7) is 4.01. The number of rotatable bonds is 3. The molecule has 21 heavy (non-hydrogen) atoms. The van der Waals surface area contributed by atoms with Gasteiger partial charge in [0.2, 0.25) is 5.95 Å². The van der Waals surface area contributed by atoms with Gasteiger partial charge in [0.15, 0.2) is 0 Å². The number of hydrogen-bond acceptors (Lipinski definition) is 4. The molecule has 1 aliphatic heterocycles. The van der Waals surface area contributed by atoms with E-state index >= 15 is 0 Å². The first-order valence-corrected chi connectivity index (χ1v) is 7.17. The van der Waals surface area contributed by atoms with E-state index in [0.29, 0.717) is 11.3 Å². The zero-order valence-corrected chi connectivity index (χ0v) is 12.0. The van der Waals surface area contributed by atoms with E-state index in [1.165, 1.54) is 12.8 Å². The fourth-order valence-electron chi connectivity index (χ4n) is 2.37. The molecule has 0 radical (unpaired) electrons. The van der Waals surface area contributed by atoms with Crippen LogP contribution in [-0.2, 0) is 0 Å². The summed E-state index contributed by atoms with van der Waals surface area (Å²) in [4.78, 5) is 22.9. The van der Waals surface area contributed by atoms with Crippen LogP contribution >= 0.6 is 0 Å². The number of hydrogen-bond donors (Lipinski definition) is 1. The summed E-state index contributed by atoms with van der Waals surface area (Å²) >= 11 is 0. The lowest BCUT2D eigenvalue weighted by Gasteiger charge is -2.14. The van der Waals surface area contributed by atoms with Gasteiger partial charge in [-0.2, -0.15) is 0 Å². The number of benzene rings is 1. The Morgan fingerprint density at radius 1 is 1.10 bits per heavy atom. The maximum Gasteiger partial charge on any atom is 0.255 e. The Labute approximate surface area is 124 Å². The summed E-state index contributed by atoms with van der Waals surface area (Å²) in [7, 11) is 0. The van der Waals surface area contributed by atoms with Crippen LogP contribution in [0.3, 0.4) is 0 Å². The average molecular weight is 282 g/mol. The number of aromatic nitrogens is 2. The van der Waals surface area contributed by atoms with E-state index in [9.17, 15) is 4.79 Å². The molecule has 2 aromatic rings. The Hall–Kier alpha value is -2.43. The predicted octanol–water partition coefficient (Wildman–Crippen LogP) is 2.64. The summed E-state index contributed by atoms with van der Waals surface area (Å²) < 4.78 is 0. The second-order valence-electron chi connectivity index (χ2n) is 5.29. The molecule has 1 aliphatic rings. The molecule has 108 valence electrons. The largest absolute Gasteiger partial charge is 0.341 e. The van der Waals surface area contributed by atoms with Gasteiger partial charge in [0.25, 0.3) is 5.91 Å². The average Bonchev–Trinajstić information content (AvgIpc) is 3.03. The van der Waals surface area contributed by atoms with Crippen LogP contribution in [0, 0.1) is 6.92 Å². The van der Waals surface area contributed by atoms with Crippen molar-refractivity contribution in [2.75, 3.05) is 23.3 Å². The van der Waals surface area contributed by atoms with Crippen LogP contribution in [0.25, 0.3) is 0 Å². The molecule has 0 aliphatic carbocycles. The highest BCUT2D eigenvalue weighted by molar-refractivity contribution is 6.04. The van der Waals surface area contributed by atoms with E-state index < -0.39 is 0 Å². The van der Waals surface area contributed by atoms with E-state index in [-0.39, 0.29) is 5.91 Å². The number of carbonyl (C=O) groups is 1. The Balaban J connectivity index is 1.67. The Morgan fingerprint density at radius 2 is 1.71 bits per heavy atom. The number of anilines is 2. The molecule has 1 fully saturated rings. The minimum absolute atomic E-state index is 0.146. The predicted molar refractivity (Wildman–Crippen MR) is 82.6 cm³/mol. The number of aryl methyl sites for hydroxylation is 1. The van der Waals surface area contributed by atoms with Crippen molar-refractivity contribution in [3.05, 3.63) is 47.8 Å². The number of nitrogens with one attached hydrogen (secondary N) is 1. The van der Waals surface area contributed by atoms with Gasteiger partial charge in [-0.05, 0) is 31.9 Å². The molecule has 5 heteroatoms. The molecule has 5 nitrogen and oxygen atoms in total. The third-order valence-corrected chi connectivity index (χ3v) is 3.60. The lowest BCUT2D eigenvalue weighted by molar-refractivity contribution is 0.102. The van der Waals surface area contributed by atoms with Gasteiger partial charge in [0.05, 0.1) is 18.1 Å². The number of nitrogens with zero attached hydrogens (tertiary/aromatic N) is 3. The molecule has 0 bridgehead atoms. The quantitative estimate of drug-likeness (QED) is 0.940. The minimum Gasteiger partial charge on any atom is -0.341 e. The van der Waals surface area contributed by atoms with Gasteiger partial charge < -0.3 is 10.2 Å². The topological polar surface area (TPSA) is 58.1 Å². The van der Waals surface area contributed by atoms with Crippen molar-refractivity contribution in [2.24, 2.45) is 0 Å². The third kappa shape index (κ3) is 3.18. The normalized spacial score (nSPS) is 14.2. The maximum absolute atomic E-state index is 12.1. The number of carbonyl (C=O) groups excluding carboxylic acids is 1. The van der Waals surface area contributed by atoms with Crippen LogP contribution in [0.1, 0.15) is 28.8 Å². The highest BCUT2D eigenvalue weighted by Gasteiger charge is 2.14. The molecule has 1 amide bonds. The maximum atomic E-state index is 12.1. The van der Waals surface area contributed by atoms with Crippen LogP contribution in [-0.4, -0.2) is 29.0 Å². The van der Waals surface area contributed by atoms with Crippen molar-refractivity contribution in [1.82, 2.24) is 9.97 Å². The van der Waals surface area contributed by atoms with Gasteiger partial charge in [0.1, 0.15) is 0 Å². The molecule has 3 rings (SSSR count). The van der Waals surface area contributed by atoms with Crippen molar-refractivity contribution in [2.45, 2.75) is 19.8 Å². The highest BCUT2D eigenvalue weighted by Crippen LogP contribution is 2.16. The summed E-state index contributed by atoms with van der Waals surface area (Å²) in [6.07, 6.45) is 5.70. The first-order valence-electron chi connectivity index (χ1n) is 7.17. The Kier molecular flexibility index (Phi) is 3.81. The van der Waals surface area contributed by atoms with E-state index in [4.69, 9.17) is 0 Å². The van der Waals surface area contributed by atoms with Crippen LogP contribution < -0.4 is 10.2 Å². The SMILES string of the molecule is Cc1ccc(C(=O)Nc2cnc(N3CCCC3)nc2)cc1. The molecular weight excluding hydrogens is 264 g/mol. The van der Waals surface area contributed by atoms with E-state index in [2.05, 4.69) is 20.2 Å². The van der Waals surface area contributed by atoms with Gasteiger partial charge in [-0.15, -0.1) is 0 Å². The second-order valence-corrected chi connectivity index (χ2v) is 5.29. The van der Waals surface area contributed by atoms with Crippen molar-refractivity contribution in [3.8, 4) is 0 Å². The summed E-state index contributed by atoms with van der Waals surface area (Å²) in [5, 5.41) is 2.81. The summed E-state index contributed by atoms with van der Waals surface area (Å²) in [5.74, 6) is 0.591. The molecule has 0 unspecified atom stereocenters. The van der Waals surface area contributed by atoms with Crippen molar-refractivity contribution >= 4 is 17.5 Å². The Morgan fingerprint density at radius 3 is 2.33 bits per heavy atom. The van der Waals surface area contributed by atoms with E-state index in [1.807, 2.05) is 31.2 Å². The molecule has 1 N–H and O–H groups in total. The summed E-state index contributed by atoms with van der Waals surface area (Å²) in [5.41, 5.74) is 2.37. The second kappa shape index (κ2) is 5.91. The zero-order chi connectivity index (χ0) is 14.7. The van der Waals surface area contributed by atoms with Crippen molar-refractivity contribution in [1.29, 1.82) is 0 Å². The van der Waals surface area contributed by atoms with Crippen molar-refractivity contribution < 1.29 is 4.79 Å². The summed E-state index contributed by atoms with van der Waals surface area (Å²) in [6, 6.07) is 7.46. The van der Waals surface area contributed by atoms with Gasteiger partial charge in [0, 0.05) is 18.7 Å².